The van der Waals surface area contributed by atoms with E-state index in [1.807, 2.05) is 12.1 Å². The Morgan fingerprint density at radius 2 is 1.81 bits per heavy atom. The molecule has 3 fully saturated rings. The summed E-state index contributed by atoms with van der Waals surface area (Å²) in [6.45, 7) is 0. The van der Waals surface area contributed by atoms with E-state index in [0.29, 0.717) is 6.42 Å². The first kappa shape index (κ1) is 22.3. The largest absolute Gasteiger partial charge is 0.416 e. The molecule has 184 valence electrons. The predicted molar refractivity (Wildman–Crippen MR) is 127 cm³/mol. The van der Waals surface area contributed by atoms with Gasteiger partial charge in [-0.2, -0.15) is 13.2 Å². The van der Waals surface area contributed by atoms with Crippen molar-refractivity contribution in [3.8, 4) is 0 Å². The van der Waals surface area contributed by atoms with E-state index >= 15 is 0 Å². The summed E-state index contributed by atoms with van der Waals surface area (Å²) in [7, 11) is 0. The topological polar surface area (TPSA) is 83.1 Å². The molecule has 4 aliphatic rings. The van der Waals surface area contributed by atoms with E-state index in [2.05, 4.69) is 9.97 Å². The minimum absolute atomic E-state index is 0.0115. The van der Waals surface area contributed by atoms with Crippen LogP contribution in [-0.2, 0) is 15.8 Å². The van der Waals surface area contributed by atoms with E-state index in [1.165, 1.54) is 23.5 Å². The number of anilines is 1. The number of amides is 2. The van der Waals surface area contributed by atoms with E-state index in [-0.39, 0.29) is 39.5 Å². The fourth-order valence-corrected chi connectivity index (χ4v) is 9.91. The van der Waals surface area contributed by atoms with Crippen LogP contribution in [0.1, 0.15) is 28.3 Å². The molecule has 3 aromatic rings. The molecule has 7 rings (SSSR count). The van der Waals surface area contributed by atoms with Gasteiger partial charge in [0.2, 0.25) is 11.8 Å². The highest BCUT2D eigenvalue weighted by molar-refractivity contribution is 8.00. The van der Waals surface area contributed by atoms with Gasteiger partial charge < -0.3 is 4.98 Å². The van der Waals surface area contributed by atoms with Crippen molar-refractivity contribution in [1.29, 1.82) is 0 Å². The number of fused-ring (bicyclic) bond motifs is 9. The average Bonchev–Trinajstić information content (AvgIpc) is 3.58. The Morgan fingerprint density at radius 1 is 1.03 bits per heavy atom. The van der Waals surface area contributed by atoms with Gasteiger partial charge in [-0.25, -0.2) is 0 Å². The summed E-state index contributed by atoms with van der Waals surface area (Å²) in [6.07, 6.45) is -0.400. The van der Waals surface area contributed by atoms with Gasteiger partial charge in [-0.15, -0.1) is 11.8 Å². The molecule has 2 aliphatic heterocycles. The summed E-state index contributed by atoms with van der Waals surface area (Å²) < 4.78 is 40.0. The fourth-order valence-electron chi connectivity index (χ4n) is 7.03. The van der Waals surface area contributed by atoms with Gasteiger partial charge >= 0.3 is 11.0 Å². The number of rotatable bonds is 2. The van der Waals surface area contributed by atoms with E-state index < -0.39 is 35.4 Å². The minimum Gasteiger partial charge on any atom is -0.307 e. The number of benzene rings is 1. The summed E-state index contributed by atoms with van der Waals surface area (Å²) >= 11 is 2.74. The molecule has 0 radical (unpaired) electrons. The van der Waals surface area contributed by atoms with Crippen LogP contribution in [0.3, 0.4) is 0 Å². The van der Waals surface area contributed by atoms with Gasteiger partial charge in [0.1, 0.15) is 0 Å². The number of halogens is 3. The van der Waals surface area contributed by atoms with Crippen LogP contribution in [0.25, 0.3) is 0 Å². The molecule has 0 unspecified atom stereocenters. The molecular formula is C25H18F3N3O3S2. The first-order valence-corrected chi connectivity index (χ1v) is 13.3. The Bertz CT molecular complexity index is 1470. The lowest BCUT2D eigenvalue weighted by molar-refractivity contribution is -0.137. The van der Waals surface area contributed by atoms with Gasteiger partial charge in [-0.1, -0.05) is 23.5 Å². The number of H-pyrrole nitrogens is 1. The number of nitrogens with one attached hydrogen (secondary N) is 1. The molecule has 0 spiro atoms. The summed E-state index contributed by atoms with van der Waals surface area (Å²) in [5.74, 6) is -2.30. The van der Waals surface area contributed by atoms with Crippen molar-refractivity contribution in [2.24, 2.45) is 29.6 Å². The first-order valence-electron chi connectivity index (χ1n) is 11.6. The fraction of sp³-hybridized carbons (Fsp3) is 0.360. The number of hydrogen-bond donors (Lipinski definition) is 1. The monoisotopic (exact) mass is 529 g/mol. The van der Waals surface area contributed by atoms with Crippen LogP contribution in [-0.4, -0.2) is 27.0 Å². The Labute approximate surface area is 210 Å². The molecule has 2 saturated carbocycles. The number of pyridine rings is 1. The SMILES string of the molecule is O=C1[C@@H]2[C@H]3C[C@@H]([C@@H]2C(=O)N1c1cccc(C(F)(F)F)c1)[C@@H]1[C@H](c2cccnc2)c2sc(=O)[nH]c2S[C@@H]31. The molecule has 1 N–H and O–H groups in total. The second-order valence-electron chi connectivity index (χ2n) is 9.81. The van der Waals surface area contributed by atoms with Gasteiger partial charge in [0, 0.05) is 28.4 Å². The molecule has 36 heavy (non-hydrogen) atoms. The number of thiazole rings is 1. The summed E-state index contributed by atoms with van der Waals surface area (Å²) in [4.78, 5) is 48.5. The van der Waals surface area contributed by atoms with E-state index in [9.17, 15) is 27.6 Å². The van der Waals surface area contributed by atoms with Crippen molar-refractivity contribution in [2.45, 2.75) is 28.8 Å². The van der Waals surface area contributed by atoms with Crippen LogP contribution >= 0.6 is 23.1 Å². The Hall–Kier alpha value is -2.92. The number of aromatic nitrogens is 2. The van der Waals surface area contributed by atoms with Gasteiger partial charge in [0.25, 0.3) is 0 Å². The van der Waals surface area contributed by atoms with Crippen molar-refractivity contribution in [2.75, 3.05) is 4.90 Å². The number of aromatic amines is 1. The third-order valence-corrected chi connectivity index (χ3v) is 10.8. The van der Waals surface area contributed by atoms with Gasteiger partial charge in [-0.3, -0.25) is 24.3 Å². The molecule has 2 bridgehead atoms. The van der Waals surface area contributed by atoms with Gasteiger partial charge in [0.05, 0.1) is 28.1 Å². The normalized spacial score (nSPS) is 32.5. The molecule has 1 saturated heterocycles. The first-order chi connectivity index (χ1) is 17.2. The smallest absolute Gasteiger partial charge is 0.307 e. The summed E-state index contributed by atoms with van der Waals surface area (Å²) in [5, 5.41) is 0.813. The number of carbonyl (C=O) groups excluding carboxylic acids is 2. The lowest BCUT2D eigenvalue weighted by Crippen LogP contribution is -2.42. The van der Waals surface area contributed by atoms with Crippen molar-refractivity contribution in [1.82, 2.24) is 9.97 Å². The molecule has 2 amide bonds. The predicted octanol–water partition coefficient (Wildman–Crippen LogP) is 4.53. The van der Waals surface area contributed by atoms with Crippen LogP contribution in [0.5, 0.6) is 0 Å². The third-order valence-electron chi connectivity index (χ3n) is 8.20. The van der Waals surface area contributed by atoms with Crippen LogP contribution in [0.15, 0.2) is 58.6 Å². The number of nitrogens with zero attached hydrogens (tertiary/aromatic N) is 2. The maximum absolute atomic E-state index is 13.7. The molecule has 7 atom stereocenters. The van der Waals surface area contributed by atoms with E-state index in [1.54, 1.807) is 24.2 Å². The average molecular weight is 530 g/mol. The highest BCUT2D eigenvalue weighted by atomic mass is 32.2. The molecule has 1 aromatic carbocycles. The standard InChI is InChI=1S/C25H18F3N3O3S2/c26-25(27,28)11-4-1-5-12(7-11)31-22(32)17-13-8-14(18(17)23(31)33)19-16(13)15(10-3-2-6-29-9-10)20-21(35-19)30-24(34)36-20/h1-7,9,13-19H,8H2,(H,30,34)/t13-,14-,15+,16-,17+,18-,19+/m1/s1. The zero-order valence-electron chi connectivity index (χ0n) is 18.4. The molecule has 2 aliphatic carbocycles. The maximum Gasteiger partial charge on any atom is 0.416 e. The number of hydrogen-bond acceptors (Lipinski definition) is 6. The summed E-state index contributed by atoms with van der Waals surface area (Å²) in [5.41, 5.74) is 0.0336. The van der Waals surface area contributed by atoms with E-state index in [4.69, 9.17) is 0 Å². The number of alkyl halides is 3. The summed E-state index contributed by atoms with van der Waals surface area (Å²) in [6, 6.07) is 8.24. The lowest BCUT2D eigenvalue weighted by Gasteiger charge is -2.42. The molecule has 6 nitrogen and oxygen atoms in total. The van der Waals surface area contributed by atoms with Crippen molar-refractivity contribution in [3.63, 3.8) is 0 Å². The minimum atomic E-state index is -4.58. The second kappa shape index (κ2) is 7.55. The number of thioether (sulfide) groups is 1. The molecule has 11 heteroatoms. The molecule has 2 aromatic heterocycles. The zero-order valence-corrected chi connectivity index (χ0v) is 20.1. The Balaban J connectivity index is 1.30. The van der Waals surface area contributed by atoms with Crippen LogP contribution in [0.4, 0.5) is 18.9 Å². The highest BCUT2D eigenvalue weighted by Gasteiger charge is 2.69. The third kappa shape index (κ3) is 2.98. The number of imide groups is 1. The van der Waals surface area contributed by atoms with Crippen molar-refractivity contribution in [3.05, 3.63) is 74.5 Å². The molecular weight excluding hydrogens is 511 g/mol. The lowest BCUT2D eigenvalue weighted by atomic mass is 9.68. The quantitative estimate of drug-likeness (QED) is 0.494. The van der Waals surface area contributed by atoms with Gasteiger partial charge in [-0.05, 0) is 54.0 Å². The van der Waals surface area contributed by atoms with Gasteiger partial charge in [0.15, 0.2) is 0 Å². The van der Waals surface area contributed by atoms with Crippen molar-refractivity contribution >= 4 is 40.6 Å². The van der Waals surface area contributed by atoms with Crippen LogP contribution < -0.4 is 9.77 Å². The van der Waals surface area contributed by atoms with Crippen molar-refractivity contribution < 1.29 is 22.8 Å². The maximum atomic E-state index is 13.7. The van der Waals surface area contributed by atoms with Crippen LogP contribution in [0, 0.1) is 29.6 Å². The Morgan fingerprint density at radius 3 is 2.53 bits per heavy atom. The number of carbonyl (C=O) groups is 2. The highest BCUT2D eigenvalue weighted by Crippen LogP contribution is 2.68. The molecule has 4 heterocycles. The zero-order chi connectivity index (χ0) is 24.9. The van der Waals surface area contributed by atoms with Crippen LogP contribution in [0.2, 0.25) is 0 Å². The van der Waals surface area contributed by atoms with E-state index in [0.717, 1.165) is 32.5 Å². The Kier molecular flexibility index (Phi) is 4.67. The second-order valence-corrected chi connectivity index (χ2v) is 12.0.